The molecule has 0 radical (unpaired) electrons. The molecular weight excluding hydrogens is 391 g/mol. The lowest BCUT2D eigenvalue weighted by molar-refractivity contribution is -0.148. The second kappa shape index (κ2) is 10.5. The molecule has 0 aromatic heterocycles. The van der Waals surface area contributed by atoms with E-state index in [1.165, 1.54) is 0 Å². The van der Waals surface area contributed by atoms with E-state index in [0.717, 1.165) is 5.56 Å². The molecule has 2 N–H and O–H groups in total. The molecular formula is C19H18Cl2N2O4. The summed E-state index contributed by atoms with van der Waals surface area (Å²) >= 11 is 11.8. The van der Waals surface area contributed by atoms with E-state index >= 15 is 0 Å². The first-order valence-corrected chi connectivity index (χ1v) is 8.91. The van der Waals surface area contributed by atoms with Gasteiger partial charge in [0.2, 0.25) is 5.91 Å². The van der Waals surface area contributed by atoms with Gasteiger partial charge in [0.25, 0.3) is 5.91 Å². The number of carbonyl (C=O) groups is 3. The molecule has 0 fully saturated rings. The average molecular weight is 409 g/mol. The first-order chi connectivity index (χ1) is 13.0. The Bertz CT molecular complexity index is 813. The van der Waals surface area contributed by atoms with Gasteiger partial charge in [-0.05, 0) is 17.7 Å². The minimum atomic E-state index is -0.641. The zero-order valence-electron chi connectivity index (χ0n) is 14.3. The quantitative estimate of drug-likeness (QED) is 0.653. The fourth-order valence-electron chi connectivity index (χ4n) is 2.11. The Morgan fingerprint density at radius 1 is 0.889 bits per heavy atom. The summed E-state index contributed by atoms with van der Waals surface area (Å²) in [5.41, 5.74) is 1.29. The second-order valence-electron chi connectivity index (χ2n) is 5.57. The zero-order chi connectivity index (χ0) is 19.6. The fourth-order valence-corrected chi connectivity index (χ4v) is 2.45. The van der Waals surface area contributed by atoms with Crippen molar-refractivity contribution >= 4 is 46.7 Å². The Labute approximate surface area is 166 Å². The molecule has 2 aromatic carbocycles. The van der Waals surface area contributed by atoms with Crippen LogP contribution < -0.4 is 10.6 Å². The van der Waals surface area contributed by atoms with E-state index in [1.807, 2.05) is 30.3 Å². The maximum atomic E-state index is 11.8. The van der Waals surface area contributed by atoms with Crippen LogP contribution in [0.3, 0.4) is 0 Å². The molecule has 0 aliphatic carbocycles. The van der Waals surface area contributed by atoms with Crippen LogP contribution >= 0.6 is 23.2 Å². The monoisotopic (exact) mass is 408 g/mol. The highest BCUT2D eigenvalue weighted by molar-refractivity contribution is 6.44. The lowest BCUT2D eigenvalue weighted by Gasteiger charge is -2.09. The number of amides is 2. The predicted molar refractivity (Wildman–Crippen MR) is 104 cm³/mol. The van der Waals surface area contributed by atoms with Crippen molar-refractivity contribution in [2.45, 2.75) is 19.4 Å². The molecule has 0 atom stereocenters. The highest BCUT2D eigenvalue weighted by Crippen LogP contribution is 2.29. The summed E-state index contributed by atoms with van der Waals surface area (Å²) in [7, 11) is 0. The molecule has 0 aliphatic rings. The average Bonchev–Trinajstić information content (AvgIpc) is 2.67. The van der Waals surface area contributed by atoms with Gasteiger partial charge in [-0.25, -0.2) is 0 Å². The topological polar surface area (TPSA) is 84.5 Å². The van der Waals surface area contributed by atoms with Crippen molar-refractivity contribution in [2.24, 2.45) is 0 Å². The van der Waals surface area contributed by atoms with Gasteiger partial charge in [-0.15, -0.1) is 0 Å². The summed E-state index contributed by atoms with van der Waals surface area (Å²) in [6, 6.07) is 14.2. The minimum absolute atomic E-state index is 0.0204. The van der Waals surface area contributed by atoms with E-state index in [-0.39, 0.29) is 23.8 Å². The molecule has 0 saturated heterocycles. The maximum Gasteiger partial charge on any atom is 0.306 e. The molecule has 6 nitrogen and oxygen atoms in total. The van der Waals surface area contributed by atoms with Gasteiger partial charge in [0.15, 0.2) is 6.61 Å². The Kier molecular flexibility index (Phi) is 8.10. The number of anilines is 1. The Hall–Kier alpha value is -2.57. The van der Waals surface area contributed by atoms with Crippen LogP contribution in [0, 0.1) is 0 Å². The third-order valence-corrected chi connectivity index (χ3v) is 4.30. The van der Waals surface area contributed by atoms with E-state index in [2.05, 4.69) is 10.6 Å². The minimum Gasteiger partial charge on any atom is -0.456 e. The lowest BCUT2D eigenvalue weighted by Crippen LogP contribution is -2.25. The van der Waals surface area contributed by atoms with Crippen molar-refractivity contribution in [2.75, 3.05) is 11.9 Å². The summed E-state index contributed by atoms with van der Waals surface area (Å²) in [6.45, 7) is -0.0924. The highest BCUT2D eigenvalue weighted by Gasteiger charge is 2.12. The van der Waals surface area contributed by atoms with Gasteiger partial charge in [0.05, 0.1) is 22.2 Å². The van der Waals surface area contributed by atoms with Crippen LogP contribution in [0.2, 0.25) is 10.0 Å². The van der Waals surface area contributed by atoms with Gasteiger partial charge in [0.1, 0.15) is 0 Å². The van der Waals surface area contributed by atoms with Crippen LogP contribution in [0.15, 0.2) is 48.5 Å². The largest absolute Gasteiger partial charge is 0.456 e. The van der Waals surface area contributed by atoms with Crippen molar-refractivity contribution in [1.82, 2.24) is 5.32 Å². The van der Waals surface area contributed by atoms with Crippen molar-refractivity contribution in [3.05, 3.63) is 64.1 Å². The number of halogens is 2. The van der Waals surface area contributed by atoms with E-state index in [0.29, 0.717) is 17.3 Å². The van der Waals surface area contributed by atoms with Gasteiger partial charge in [0, 0.05) is 13.0 Å². The number of esters is 1. The van der Waals surface area contributed by atoms with Gasteiger partial charge in [-0.2, -0.15) is 0 Å². The predicted octanol–water partition coefficient (Wildman–Crippen LogP) is 3.57. The molecule has 0 spiro atoms. The molecule has 2 amide bonds. The highest BCUT2D eigenvalue weighted by atomic mass is 35.5. The maximum absolute atomic E-state index is 11.8. The van der Waals surface area contributed by atoms with E-state index in [9.17, 15) is 14.4 Å². The van der Waals surface area contributed by atoms with Crippen molar-refractivity contribution in [3.63, 3.8) is 0 Å². The molecule has 142 valence electrons. The van der Waals surface area contributed by atoms with E-state index < -0.39 is 18.5 Å². The summed E-state index contributed by atoms with van der Waals surface area (Å²) in [4.78, 5) is 35.2. The summed E-state index contributed by atoms with van der Waals surface area (Å²) in [6.07, 6.45) is -0.140. The van der Waals surface area contributed by atoms with Crippen LogP contribution in [0.5, 0.6) is 0 Å². The molecule has 0 unspecified atom stereocenters. The fraction of sp³-hybridized carbons (Fsp3) is 0.211. The number of rotatable bonds is 8. The first kappa shape index (κ1) is 20.7. The Morgan fingerprint density at radius 3 is 2.37 bits per heavy atom. The Balaban J connectivity index is 1.66. The third-order valence-electron chi connectivity index (χ3n) is 3.48. The summed E-state index contributed by atoms with van der Waals surface area (Å²) < 4.78 is 4.85. The van der Waals surface area contributed by atoms with E-state index in [1.54, 1.807) is 18.2 Å². The van der Waals surface area contributed by atoms with Gasteiger partial charge in [-0.3, -0.25) is 14.4 Å². The molecule has 0 saturated carbocycles. The van der Waals surface area contributed by atoms with Crippen molar-refractivity contribution in [1.29, 1.82) is 0 Å². The Morgan fingerprint density at radius 2 is 1.63 bits per heavy atom. The molecule has 27 heavy (non-hydrogen) atoms. The number of benzene rings is 2. The third kappa shape index (κ3) is 7.29. The van der Waals surface area contributed by atoms with Crippen molar-refractivity contribution < 1.29 is 19.1 Å². The normalized spacial score (nSPS) is 10.1. The number of hydrogen-bond acceptors (Lipinski definition) is 4. The van der Waals surface area contributed by atoms with Gasteiger partial charge in [-0.1, -0.05) is 59.6 Å². The second-order valence-corrected chi connectivity index (χ2v) is 6.36. The zero-order valence-corrected chi connectivity index (χ0v) is 15.8. The number of hydrogen-bond donors (Lipinski definition) is 2. The van der Waals surface area contributed by atoms with E-state index in [4.69, 9.17) is 27.9 Å². The van der Waals surface area contributed by atoms with Crippen LogP contribution in [-0.2, 0) is 25.7 Å². The summed E-state index contributed by atoms with van der Waals surface area (Å²) in [5, 5.41) is 5.71. The molecule has 0 aliphatic heterocycles. The molecule has 0 bridgehead atoms. The van der Waals surface area contributed by atoms with Crippen LogP contribution in [-0.4, -0.2) is 24.4 Å². The smallest absolute Gasteiger partial charge is 0.306 e. The SMILES string of the molecule is O=C(CCC(=O)OCC(=O)Nc1cccc(Cl)c1Cl)NCc1ccccc1. The molecule has 2 rings (SSSR count). The van der Waals surface area contributed by atoms with Crippen LogP contribution in [0.4, 0.5) is 5.69 Å². The summed E-state index contributed by atoms with van der Waals surface area (Å²) in [5.74, 6) is -1.47. The number of nitrogens with one attached hydrogen (secondary N) is 2. The molecule has 2 aromatic rings. The first-order valence-electron chi connectivity index (χ1n) is 8.16. The van der Waals surface area contributed by atoms with Gasteiger partial charge >= 0.3 is 5.97 Å². The van der Waals surface area contributed by atoms with Crippen LogP contribution in [0.25, 0.3) is 0 Å². The van der Waals surface area contributed by atoms with Crippen LogP contribution in [0.1, 0.15) is 18.4 Å². The molecule has 8 heteroatoms. The van der Waals surface area contributed by atoms with Crippen molar-refractivity contribution in [3.8, 4) is 0 Å². The van der Waals surface area contributed by atoms with Gasteiger partial charge < -0.3 is 15.4 Å². The number of ether oxygens (including phenoxy) is 1. The molecule has 0 heterocycles. The standard InChI is InChI=1S/C19H18Cl2N2O4/c20-14-7-4-8-15(19(14)21)23-17(25)12-27-18(26)10-9-16(24)22-11-13-5-2-1-3-6-13/h1-8H,9-12H2,(H,22,24)(H,23,25). The number of carbonyl (C=O) groups excluding carboxylic acids is 3. The lowest BCUT2D eigenvalue weighted by atomic mass is 10.2.